The summed E-state index contributed by atoms with van der Waals surface area (Å²) >= 11 is 6.12. The Morgan fingerprint density at radius 3 is 2.67 bits per heavy atom. The summed E-state index contributed by atoms with van der Waals surface area (Å²) in [6.07, 6.45) is 0. The molecule has 0 spiro atoms. The van der Waals surface area contributed by atoms with E-state index in [9.17, 15) is 4.79 Å². The molecule has 0 unspecified atom stereocenters. The minimum Gasteiger partial charge on any atom is -0.362 e. The van der Waals surface area contributed by atoms with Crippen LogP contribution in [0.4, 0.5) is 5.69 Å². The number of rotatable bonds is 6. The summed E-state index contributed by atoms with van der Waals surface area (Å²) in [7, 11) is 0. The van der Waals surface area contributed by atoms with E-state index in [1.165, 1.54) is 0 Å². The highest BCUT2D eigenvalue weighted by Crippen LogP contribution is 2.23. The molecule has 0 atom stereocenters. The summed E-state index contributed by atoms with van der Waals surface area (Å²) < 4.78 is 0. The van der Waals surface area contributed by atoms with Crippen molar-refractivity contribution >= 4 is 23.2 Å². The molecule has 4 nitrogen and oxygen atoms in total. The van der Waals surface area contributed by atoms with Crippen molar-refractivity contribution < 1.29 is 4.79 Å². The third-order valence-corrected chi connectivity index (χ3v) is 3.06. The summed E-state index contributed by atoms with van der Waals surface area (Å²) in [5.41, 5.74) is 7.42. The largest absolute Gasteiger partial charge is 0.362 e. The van der Waals surface area contributed by atoms with Gasteiger partial charge in [0.25, 0.3) is 0 Å². The molecule has 0 aromatic heterocycles. The van der Waals surface area contributed by atoms with E-state index in [4.69, 9.17) is 17.3 Å². The van der Waals surface area contributed by atoms with Crippen LogP contribution in [0.1, 0.15) is 19.4 Å². The molecule has 18 heavy (non-hydrogen) atoms. The quantitative estimate of drug-likeness (QED) is 0.827. The lowest BCUT2D eigenvalue weighted by atomic mass is 10.2. The number of carbonyl (C=O) groups is 1. The van der Waals surface area contributed by atoms with Crippen LogP contribution < -0.4 is 16.0 Å². The molecule has 0 saturated carbocycles. The van der Waals surface area contributed by atoms with Crippen LogP contribution in [0.15, 0.2) is 18.2 Å². The number of nitrogens with zero attached hydrogens (tertiary/aromatic N) is 1. The first-order valence-electron chi connectivity index (χ1n) is 6.12. The highest BCUT2D eigenvalue weighted by Gasteiger charge is 2.10. The number of hydrogen-bond acceptors (Lipinski definition) is 3. The topological polar surface area (TPSA) is 58.4 Å². The predicted molar refractivity (Wildman–Crippen MR) is 75.9 cm³/mol. The van der Waals surface area contributed by atoms with Gasteiger partial charge in [-0.1, -0.05) is 17.7 Å². The normalized spacial score (nSPS) is 10.2. The van der Waals surface area contributed by atoms with Gasteiger partial charge in [-0.15, -0.1) is 0 Å². The van der Waals surface area contributed by atoms with E-state index >= 15 is 0 Å². The van der Waals surface area contributed by atoms with Gasteiger partial charge >= 0.3 is 0 Å². The van der Waals surface area contributed by atoms with E-state index in [1.54, 1.807) is 0 Å². The molecule has 0 radical (unpaired) electrons. The van der Waals surface area contributed by atoms with Crippen molar-refractivity contribution in [2.45, 2.75) is 20.4 Å². The summed E-state index contributed by atoms with van der Waals surface area (Å²) in [4.78, 5) is 13.6. The molecule has 100 valence electrons. The monoisotopic (exact) mass is 269 g/mol. The van der Waals surface area contributed by atoms with Crippen LogP contribution in [0.5, 0.6) is 0 Å². The van der Waals surface area contributed by atoms with Crippen molar-refractivity contribution in [2.75, 3.05) is 24.5 Å². The Morgan fingerprint density at radius 1 is 1.44 bits per heavy atom. The molecule has 0 heterocycles. The lowest BCUT2D eigenvalue weighted by molar-refractivity contribution is -0.119. The van der Waals surface area contributed by atoms with Gasteiger partial charge in [-0.25, -0.2) is 0 Å². The fraction of sp³-hybridized carbons (Fsp3) is 0.462. The van der Waals surface area contributed by atoms with Gasteiger partial charge in [0.2, 0.25) is 5.91 Å². The number of halogens is 1. The molecule has 0 fully saturated rings. The Bertz CT molecular complexity index is 409. The van der Waals surface area contributed by atoms with E-state index in [0.29, 0.717) is 24.7 Å². The zero-order valence-corrected chi connectivity index (χ0v) is 11.6. The van der Waals surface area contributed by atoms with Crippen LogP contribution in [0.3, 0.4) is 0 Å². The van der Waals surface area contributed by atoms with E-state index in [-0.39, 0.29) is 5.91 Å². The van der Waals surface area contributed by atoms with E-state index in [2.05, 4.69) is 5.32 Å². The molecular formula is C13H20ClN3O. The van der Waals surface area contributed by atoms with Crippen molar-refractivity contribution in [3.63, 3.8) is 0 Å². The number of nitrogens with one attached hydrogen (secondary N) is 1. The Hall–Kier alpha value is -1.26. The Morgan fingerprint density at radius 2 is 2.17 bits per heavy atom. The summed E-state index contributed by atoms with van der Waals surface area (Å²) in [6, 6.07) is 5.70. The Kier molecular flexibility index (Phi) is 5.95. The van der Waals surface area contributed by atoms with Crippen molar-refractivity contribution in [3.05, 3.63) is 28.8 Å². The van der Waals surface area contributed by atoms with E-state index < -0.39 is 0 Å². The van der Waals surface area contributed by atoms with Crippen LogP contribution in [0.2, 0.25) is 5.02 Å². The fourth-order valence-electron chi connectivity index (χ4n) is 1.71. The molecular weight excluding hydrogens is 250 g/mol. The number of amides is 1. The third-order valence-electron chi connectivity index (χ3n) is 2.71. The molecule has 1 rings (SSSR count). The number of likely N-dealkylation sites (N-methyl/N-ethyl adjacent to an activating group) is 2. The minimum atomic E-state index is 0.0124. The first-order chi connectivity index (χ1) is 8.62. The van der Waals surface area contributed by atoms with Gasteiger partial charge in [0.15, 0.2) is 0 Å². The van der Waals surface area contributed by atoms with Gasteiger partial charge in [-0.3, -0.25) is 4.79 Å². The molecule has 0 aliphatic heterocycles. The minimum absolute atomic E-state index is 0.0124. The molecule has 1 amide bonds. The van der Waals surface area contributed by atoms with Gasteiger partial charge in [0, 0.05) is 30.3 Å². The van der Waals surface area contributed by atoms with Gasteiger partial charge < -0.3 is 16.0 Å². The molecule has 1 aromatic rings. The summed E-state index contributed by atoms with van der Waals surface area (Å²) in [5, 5.41) is 3.43. The zero-order chi connectivity index (χ0) is 13.5. The molecule has 5 heteroatoms. The van der Waals surface area contributed by atoms with Crippen molar-refractivity contribution in [1.82, 2.24) is 5.32 Å². The van der Waals surface area contributed by atoms with Crippen molar-refractivity contribution in [2.24, 2.45) is 5.73 Å². The Labute approximate surface area is 113 Å². The Balaban J connectivity index is 2.82. The first-order valence-corrected chi connectivity index (χ1v) is 6.50. The zero-order valence-electron chi connectivity index (χ0n) is 10.9. The highest BCUT2D eigenvalue weighted by molar-refractivity contribution is 6.31. The third kappa shape index (κ3) is 3.89. The number of hydrogen-bond donors (Lipinski definition) is 2. The van der Waals surface area contributed by atoms with Crippen LogP contribution in [0.25, 0.3) is 0 Å². The maximum Gasteiger partial charge on any atom is 0.239 e. The smallest absolute Gasteiger partial charge is 0.239 e. The van der Waals surface area contributed by atoms with Crippen molar-refractivity contribution in [1.29, 1.82) is 0 Å². The van der Waals surface area contributed by atoms with Crippen LogP contribution >= 0.6 is 11.6 Å². The van der Waals surface area contributed by atoms with E-state index in [1.807, 2.05) is 36.9 Å². The second-order valence-electron chi connectivity index (χ2n) is 3.95. The number of benzene rings is 1. The standard InChI is InChI=1S/C13H20ClN3O/c1-3-16-13(18)9-17(4-2)11-6-5-10(8-15)12(14)7-11/h5-7H,3-4,8-9,15H2,1-2H3,(H,16,18). The molecule has 1 aromatic carbocycles. The maximum atomic E-state index is 11.6. The lowest BCUT2D eigenvalue weighted by Crippen LogP contribution is -2.37. The predicted octanol–water partition coefficient (Wildman–Crippen LogP) is 1.76. The van der Waals surface area contributed by atoms with Gasteiger partial charge in [0.05, 0.1) is 6.54 Å². The van der Waals surface area contributed by atoms with Crippen LogP contribution in [-0.4, -0.2) is 25.5 Å². The first kappa shape index (κ1) is 14.8. The SMILES string of the molecule is CCNC(=O)CN(CC)c1ccc(CN)c(Cl)c1. The summed E-state index contributed by atoms with van der Waals surface area (Å²) in [5.74, 6) is 0.0124. The molecule has 0 bridgehead atoms. The van der Waals surface area contributed by atoms with Gasteiger partial charge in [-0.05, 0) is 31.5 Å². The lowest BCUT2D eigenvalue weighted by Gasteiger charge is -2.23. The molecule has 0 saturated heterocycles. The van der Waals surface area contributed by atoms with E-state index in [0.717, 1.165) is 17.8 Å². The van der Waals surface area contributed by atoms with Gasteiger partial charge in [0.1, 0.15) is 0 Å². The number of carbonyl (C=O) groups excluding carboxylic acids is 1. The van der Waals surface area contributed by atoms with Crippen LogP contribution in [0, 0.1) is 0 Å². The molecule has 0 aliphatic carbocycles. The number of nitrogens with two attached hydrogens (primary N) is 1. The van der Waals surface area contributed by atoms with Gasteiger partial charge in [-0.2, -0.15) is 0 Å². The maximum absolute atomic E-state index is 11.6. The molecule has 3 N–H and O–H groups in total. The average molecular weight is 270 g/mol. The summed E-state index contributed by atoms with van der Waals surface area (Å²) in [6.45, 7) is 6.05. The molecule has 0 aliphatic rings. The van der Waals surface area contributed by atoms with Crippen molar-refractivity contribution in [3.8, 4) is 0 Å². The number of anilines is 1. The second kappa shape index (κ2) is 7.24. The highest BCUT2D eigenvalue weighted by atomic mass is 35.5. The van der Waals surface area contributed by atoms with Crippen LogP contribution in [-0.2, 0) is 11.3 Å². The second-order valence-corrected chi connectivity index (χ2v) is 4.35. The average Bonchev–Trinajstić information content (AvgIpc) is 2.36. The fourth-order valence-corrected chi connectivity index (χ4v) is 1.96.